The lowest BCUT2D eigenvalue weighted by Gasteiger charge is -2.20. The number of carbonyl (C=O) groups excluding carboxylic acids is 3. The molecule has 0 saturated carbocycles. The summed E-state index contributed by atoms with van der Waals surface area (Å²) in [6, 6.07) is 5.17. The molecule has 2 aromatic carbocycles. The van der Waals surface area contributed by atoms with E-state index in [4.69, 9.17) is 25.8 Å². The fraction of sp³-hybridized carbons (Fsp3) is 0.483. The third-order valence-corrected chi connectivity index (χ3v) is 6.14. The van der Waals surface area contributed by atoms with Gasteiger partial charge in [-0.05, 0) is 54.0 Å². The monoisotopic (exact) mass is 615 g/mol. The van der Waals surface area contributed by atoms with Gasteiger partial charge in [-0.1, -0.05) is 53.1 Å². The van der Waals surface area contributed by atoms with E-state index in [1.807, 2.05) is 41.5 Å². The Balaban J connectivity index is 2.46. The lowest BCUT2D eigenvalue weighted by atomic mass is 9.92. The van der Waals surface area contributed by atoms with E-state index in [9.17, 15) is 37.7 Å². The first-order valence-corrected chi connectivity index (χ1v) is 13.3. The molecule has 0 unspecified atom stereocenters. The van der Waals surface area contributed by atoms with Crippen LogP contribution in [0.5, 0.6) is 11.5 Å². The van der Waals surface area contributed by atoms with Crippen LogP contribution in [0, 0.1) is 26.9 Å². The maximum atomic E-state index is 13.6. The highest BCUT2D eigenvalue weighted by Crippen LogP contribution is 2.37. The third kappa shape index (κ3) is 10.3. The van der Waals surface area contributed by atoms with Crippen molar-refractivity contribution in [3.8, 4) is 11.5 Å². The zero-order valence-corrected chi connectivity index (χ0v) is 24.9. The second-order valence-electron chi connectivity index (χ2n) is 11.9. The van der Waals surface area contributed by atoms with Gasteiger partial charge in [-0.2, -0.15) is 13.2 Å². The van der Waals surface area contributed by atoms with Crippen molar-refractivity contribution in [3.63, 3.8) is 0 Å². The van der Waals surface area contributed by atoms with Crippen molar-refractivity contribution in [1.29, 1.82) is 0 Å². The highest BCUT2D eigenvalue weighted by atomic mass is 35.5. The summed E-state index contributed by atoms with van der Waals surface area (Å²) in [5.74, 6) is -6.39. The normalized spacial score (nSPS) is 12.2. The average molecular weight is 616 g/mol. The van der Waals surface area contributed by atoms with Crippen LogP contribution in [-0.2, 0) is 25.2 Å². The van der Waals surface area contributed by atoms with E-state index in [1.54, 1.807) is 0 Å². The zero-order valence-electron chi connectivity index (χ0n) is 24.1. The van der Waals surface area contributed by atoms with E-state index in [0.717, 1.165) is 30.3 Å². The summed E-state index contributed by atoms with van der Waals surface area (Å²) >= 11 is 5.94. The van der Waals surface area contributed by atoms with Crippen LogP contribution in [0.15, 0.2) is 36.4 Å². The van der Waals surface area contributed by atoms with Gasteiger partial charge in [0.1, 0.15) is 17.1 Å². The number of alkyl halides is 3. The molecule has 2 aromatic rings. The number of nitrogens with zero attached hydrogens (tertiary/aromatic N) is 1. The number of nitro benzene ring substituents is 1. The molecule has 13 heteroatoms. The average Bonchev–Trinajstić information content (AvgIpc) is 2.83. The Hall–Kier alpha value is -3.67. The van der Waals surface area contributed by atoms with E-state index < -0.39 is 56.6 Å². The molecule has 230 valence electrons. The van der Waals surface area contributed by atoms with Gasteiger partial charge in [-0.15, -0.1) is 0 Å². The van der Waals surface area contributed by atoms with Crippen LogP contribution in [0.25, 0.3) is 0 Å². The summed E-state index contributed by atoms with van der Waals surface area (Å²) in [6.45, 7) is 11.1. The summed E-state index contributed by atoms with van der Waals surface area (Å²) in [5, 5.41) is 11.3. The Bertz CT molecular complexity index is 1300. The van der Waals surface area contributed by atoms with Crippen LogP contribution in [0.2, 0.25) is 5.02 Å². The number of benzene rings is 2. The molecule has 0 radical (unpaired) electrons. The van der Waals surface area contributed by atoms with Gasteiger partial charge in [0, 0.05) is 6.07 Å². The molecule has 0 aromatic heterocycles. The molecular formula is C29H33ClF3NO8. The van der Waals surface area contributed by atoms with Crippen molar-refractivity contribution < 1.29 is 46.7 Å². The van der Waals surface area contributed by atoms with Crippen LogP contribution in [0.3, 0.4) is 0 Å². The maximum Gasteiger partial charge on any atom is 0.416 e. The second kappa shape index (κ2) is 13.5. The molecule has 0 aliphatic carbocycles. The fourth-order valence-electron chi connectivity index (χ4n) is 3.37. The highest BCUT2D eigenvalue weighted by molar-refractivity contribution is 6.32. The Kier molecular flexibility index (Phi) is 11.1. The summed E-state index contributed by atoms with van der Waals surface area (Å²) in [7, 11) is 0. The topological polar surface area (TPSA) is 122 Å². The van der Waals surface area contributed by atoms with Gasteiger partial charge in [0.15, 0.2) is 5.78 Å². The van der Waals surface area contributed by atoms with Crippen LogP contribution < -0.4 is 4.74 Å². The van der Waals surface area contributed by atoms with Gasteiger partial charge in [0.2, 0.25) is 5.92 Å². The fourth-order valence-corrected chi connectivity index (χ4v) is 3.59. The predicted octanol–water partition coefficient (Wildman–Crippen LogP) is 7.82. The molecule has 42 heavy (non-hydrogen) atoms. The van der Waals surface area contributed by atoms with Crippen molar-refractivity contribution in [2.75, 3.05) is 13.2 Å². The van der Waals surface area contributed by atoms with E-state index >= 15 is 0 Å². The number of hydrogen-bond donors (Lipinski definition) is 0. The van der Waals surface area contributed by atoms with Crippen LogP contribution in [0.1, 0.15) is 70.3 Å². The molecule has 0 N–H and O–H groups in total. The van der Waals surface area contributed by atoms with Gasteiger partial charge >= 0.3 is 18.1 Å². The number of ether oxygens (including phenoxy) is 3. The number of ketones is 1. The zero-order chi connectivity index (χ0) is 32.0. The van der Waals surface area contributed by atoms with Crippen molar-refractivity contribution >= 4 is 35.0 Å². The van der Waals surface area contributed by atoms with Gasteiger partial charge in [-0.3, -0.25) is 24.5 Å². The molecule has 0 atom stereocenters. The van der Waals surface area contributed by atoms with Gasteiger partial charge in [0.25, 0.3) is 5.69 Å². The number of hydrogen-bond acceptors (Lipinski definition) is 8. The third-order valence-electron chi connectivity index (χ3n) is 5.84. The molecule has 0 heterocycles. The standard InChI is InChI=1S/C29H33ClF3NO8/c1-27(2,3)11-13-40-25(36)23(26(37)41-14-12-28(4,5)6)24(35)19-16-18(8-9-21(19)34(38)39)42-22-10-7-17(15-20(22)30)29(31,32)33/h7-10,15-16,23H,11-14H2,1-6H3. The van der Waals surface area contributed by atoms with E-state index in [0.29, 0.717) is 18.9 Å². The number of esters is 2. The minimum atomic E-state index is -4.66. The number of Topliss-reactive ketones (excluding diaryl/α,β-unsaturated/α-hetero) is 1. The van der Waals surface area contributed by atoms with E-state index in [2.05, 4.69) is 0 Å². The minimum Gasteiger partial charge on any atom is -0.465 e. The van der Waals surface area contributed by atoms with Crippen molar-refractivity contribution in [2.24, 2.45) is 16.7 Å². The van der Waals surface area contributed by atoms with Crippen LogP contribution >= 0.6 is 11.6 Å². The second-order valence-corrected chi connectivity index (χ2v) is 12.3. The highest BCUT2D eigenvalue weighted by Gasteiger charge is 2.41. The van der Waals surface area contributed by atoms with Crippen molar-refractivity contribution in [1.82, 2.24) is 0 Å². The van der Waals surface area contributed by atoms with Crippen molar-refractivity contribution in [2.45, 2.75) is 60.6 Å². The number of rotatable bonds is 11. The maximum absolute atomic E-state index is 13.6. The number of carbonyl (C=O) groups is 3. The van der Waals surface area contributed by atoms with E-state index in [-0.39, 0.29) is 35.5 Å². The lowest BCUT2D eigenvalue weighted by molar-refractivity contribution is -0.385. The molecule has 0 amide bonds. The molecule has 0 aliphatic heterocycles. The molecule has 0 bridgehead atoms. The molecule has 0 fully saturated rings. The molecule has 2 rings (SSSR count). The number of halogens is 4. The molecule has 0 aliphatic rings. The van der Waals surface area contributed by atoms with Gasteiger partial charge < -0.3 is 14.2 Å². The molecule has 0 saturated heterocycles. The Labute approximate surface area is 246 Å². The van der Waals surface area contributed by atoms with Gasteiger partial charge in [0.05, 0.1) is 28.7 Å². The van der Waals surface area contributed by atoms with Gasteiger partial charge in [-0.25, -0.2) is 0 Å². The number of nitro groups is 1. The van der Waals surface area contributed by atoms with Crippen molar-refractivity contribution in [3.05, 3.63) is 62.7 Å². The molecular weight excluding hydrogens is 583 g/mol. The molecule has 0 spiro atoms. The summed E-state index contributed by atoms with van der Waals surface area (Å²) < 4.78 is 54.9. The summed E-state index contributed by atoms with van der Waals surface area (Å²) in [5.41, 5.74) is -2.93. The Morgan fingerprint density at radius 2 is 1.40 bits per heavy atom. The first-order chi connectivity index (χ1) is 19.2. The predicted molar refractivity (Wildman–Crippen MR) is 148 cm³/mol. The minimum absolute atomic E-state index is 0.126. The molecule has 9 nitrogen and oxygen atoms in total. The summed E-state index contributed by atoms with van der Waals surface area (Å²) in [6.07, 6.45) is -3.86. The van der Waals surface area contributed by atoms with Crippen LogP contribution in [0.4, 0.5) is 18.9 Å². The summed E-state index contributed by atoms with van der Waals surface area (Å²) in [4.78, 5) is 50.5. The first kappa shape index (κ1) is 34.5. The lowest BCUT2D eigenvalue weighted by Crippen LogP contribution is -2.36. The SMILES string of the molecule is CC(C)(C)CCOC(=O)C(C(=O)OCCC(C)(C)C)C(=O)c1cc(Oc2ccc(C(F)(F)F)cc2Cl)ccc1[N+](=O)[O-]. The van der Waals surface area contributed by atoms with E-state index in [1.165, 1.54) is 0 Å². The quantitative estimate of drug-likeness (QED) is 0.0824. The van der Waals surface area contributed by atoms with Crippen LogP contribution in [-0.4, -0.2) is 35.9 Å². The Morgan fingerprint density at radius 3 is 1.83 bits per heavy atom. The smallest absolute Gasteiger partial charge is 0.416 e. The largest absolute Gasteiger partial charge is 0.465 e. The Morgan fingerprint density at radius 1 is 0.881 bits per heavy atom. The first-order valence-electron chi connectivity index (χ1n) is 12.9.